The fourth-order valence-electron chi connectivity index (χ4n) is 7.47. The van der Waals surface area contributed by atoms with Gasteiger partial charge in [-0.1, -0.05) is 54.6 Å². The number of fused-ring (bicyclic) bond motifs is 1. The Morgan fingerprint density at radius 1 is 0.867 bits per heavy atom. The van der Waals surface area contributed by atoms with Gasteiger partial charge in [0.1, 0.15) is 11.6 Å². The predicted octanol–water partition coefficient (Wildman–Crippen LogP) is 3.05. The van der Waals surface area contributed by atoms with Crippen LogP contribution < -0.4 is 10.9 Å². The van der Waals surface area contributed by atoms with Crippen molar-refractivity contribution in [1.29, 1.82) is 0 Å². The van der Waals surface area contributed by atoms with E-state index in [1.807, 2.05) is 59.5 Å². The Morgan fingerprint density at radius 2 is 1.58 bits per heavy atom. The van der Waals surface area contributed by atoms with Crippen LogP contribution >= 0.6 is 0 Å². The second-order valence-electron chi connectivity index (χ2n) is 12.4. The summed E-state index contributed by atoms with van der Waals surface area (Å²) in [4.78, 5) is 69.3. The van der Waals surface area contributed by atoms with Gasteiger partial charge < -0.3 is 24.8 Å². The number of carbonyl (C=O) groups is 4. The van der Waals surface area contributed by atoms with E-state index in [1.165, 1.54) is 15.5 Å². The zero-order valence-electron chi connectivity index (χ0n) is 25.4. The van der Waals surface area contributed by atoms with Crippen LogP contribution in [0.25, 0.3) is 0 Å². The molecule has 0 radical (unpaired) electrons. The average molecular weight is 611 g/mol. The van der Waals surface area contributed by atoms with Gasteiger partial charge in [-0.15, -0.1) is 0 Å². The first-order valence-corrected chi connectivity index (χ1v) is 15.7. The molecule has 45 heavy (non-hydrogen) atoms. The highest BCUT2D eigenvalue weighted by Gasteiger charge is 2.52. The number of rotatable bonds is 6. The molecule has 3 heterocycles. The number of nitrogens with zero attached hydrogens (tertiary/aromatic N) is 3. The molecule has 0 spiro atoms. The van der Waals surface area contributed by atoms with Crippen LogP contribution in [0.1, 0.15) is 71.5 Å². The molecule has 0 unspecified atom stereocenters. The van der Waals surface area contributed by atoms with Crippen LogP contribution in [-0.2, 0) is 26.8 Å². The zero-order chi connectivity index (χ0) is 31.7. The van der Waals surface area contributed by atoms with E-state index in [-0.39, 0.29) is 29.0 Å². The van der Waals surface area contributed by atoms with Crippen LogP contribution in [0.4, 0.5) is 0 Å². The van der Waals surface area contributed by atoms with Gasteiger partial charge in [0.15, 0.2) is 0 Å². The number of aliphatic carboxylic acids is 1. The van der Waals surface area contributed by atoms with Crippen molar-refractivity contribution in [1.82, 2.24) is 19.7 Å². The number of carbonyl (C=O) groups excluding carboxylic acids is 3. The van der Waals surface area contributed by atoms with Crippen molar-refractivity contribution in [3.63, 3.8) is 0 Å². The minimum absolute atomic E-state index is 0.0112. The number of aromatic nitrogens is 1. The van der Waals surface area contributed by atoms with Crippen LogP contribution in [0, 0.1) is 0 Å². The van der Waals surface area contributed by atoms with Gasteiger partial charge in [-0.3, -0.25) is 19.2 Å². The number of hydrogen-bond donors (Lipinski definition) is 2. The molecule has 2 fully saturated rings. The Kier molecular flexibility index (Phi) is 8.31. The van der Waals surface area contributed by atoms with E-state index in [1.54, 1.807) is 19.3 Å². The van der Waals surface area contributed by atoms with Crippen molar-refractivity contribution >= 4 is 23.7 Å². The molecule has 1 aromatic heterocycles. The fourth-order valence-corrected chi connectivity index (χ4v) is 7.47. The molecule has 3 aliphatic rings. The Hall–Kier alpha value is -4.73. The Balaban J connectivity index is 1.23. The monoisotopic (exact) mass is 610 g/mol. The standard InChI is InChI=1S/C35H38N4O6/c1-37-19-7-12-27(31(37)41)30(40)36-24-16-21-38(22-17-24)32(42)26-15-18-35(23-9-3-2-4-10-23,28-13-6-5-11-25(26)28)34(45)39-20-8-14-29(39)33(43)44/h2-7,9-13,19,24,26,29H,8,14-18,20-22H2,1H3,(H,36,40)(H,43,44)/t26-,29+,35+/m0/s1. The van der Waals surface area contributed by atoms with Gasteiger partial charge in [0.05, 0.1) is 11.3 Å². The van der Waals surface area contributed by atoms with E-state index in [2.05, 4.69) is 5.32 Å². The molecule has 2 N–H and O–H groups in total. The van der Waals surface area contributed by atoms with Gasteiger partial charge in [0.2, 0.25) is 11.8 Å². The molecule has 1 aliphatic carbocycles. The van der Waals surface area contributed by atoms with Crippen LogP contribution in [0.5, 0.6) is 0 Å². The third kappa shape index (κ3) is 5.43. The number of hydrogen-bond acceptors (Lipinski definition) is 5. The highest BCUT2D eigenvalue weighted by atomic mass is 16.4. The SMILES string of the molecule is Cn1cccc(C(=O)NC2CCN(C(=O)[C@H]3CC[C@@](C(=O)N4CCC[C@@H]4C(=O)O)(c4ccccc4)c4ccccc43)CC2)c1=O. The molecule has 234 valence electrons. The summed E-state index contributed by atoms with van der Waals surface area (Å²) in [6.45, 7) is 1.32. The molecule has 2 aromatic carbocycles. The minimum atomic E-state index is -1.10. The van der Waals surface area contributed by atoms with Gasteiger partial charge in [-0.25, -0.2) is 4.79 Å². The lowest BCUT2D eigenvalue weighted by molar-refractivity contribution is -0.150. The lowest BCUT2D eigenvalue weighted by Gasteiger charge is -2.44. The van der Waals surface area contributed by atoms with E-state index in [0.29, 0.717) is 58.2 Å². The first-order chi connectivity index (χ1) is 21.7. The number of piperidine rings is 1. The maximum atomic E-state index is 14.6. The first kappa shape index (κ1) is 30.3. The van der Waals surface area contributed by atoms with Gasteiger partial charge >= 0.3 is 5.97 Å². The molecule has 3 aromatic rings. The molecule has 0 bridgehead atoms. The minimum Gasteiger partial charge on any atom is -0.480 e. The fraction of sp³-hybridized carbons (Fsp3) is 0.400. The Labute approximate surface area is 261 Å². The molecule has 10 heteroatoms. The summed E-state index contributed by atoms with van der Waals surface area (Å²) in [5.41, 5.74) is 0.998. The Bertz CT molecular complexity index is 1680. The normalized spacial score (nSPS) is 23.3. The van der Waals surface area contributed by atoms with E-state index >= 15 is 0 Å². The largest absolute Gasteiger partial charge is 0.480 e. The van der Waals surface area contributed by atoms with E-state index in [9.17, 15) is 29.1 Å². The predicted molar refractivity (Wildman–Crippen MR) is 167 cm³/mol. The van der Waals surface area contributed by atoms with Crippen LogP contribution in [0.3, 0.4) is 0 Å². The lowest BCUT2D eigenvalue weighted by Crippen LogP contribution is -2.54. The molecule has 2 aliphatic heterocycles. The third-order valence-corrected chi connectivity index (χ3v) is 9.84. The lowest BCUT2D eigenvalue weighted by atomic mass is 9.62. The number of carboxylic acids is 1. The van der Waals surface area contributed by atoms with Gasteiger partial charge in [-0.2, -0.15) is 0 Å². The Morgan fingerprint density at radius 3 is 2.31 bits per heavy atom. The van der Waals surface area contributed by atoms with Crippen molar-refractivity contribution in [2.45, 2.75) is 61.9 Å². The molecular weight excluding hydrogens is 572 g/mol. The van der Waals surface area contributed by atoms with Crippen molar-refractivity contribution in [3.8, 4) is 0 Å². The van der Waals surface area contributed by atoms with E-state index < -0.39 is 29.3 Å². The summed E-state index contributed by atoms with van der Waals surface area (Å²) in [5, 5.41) is 12.9. The van der Waals surface area contributed by atoms with Gasteiger partial charge in [-0.05, 0) is 67.3 Å². The van der Waals surface area contributed by atoms with Crippen molar-refractivity contribution in [2.75, 3.05) is 19.6 Å². The molecule has 6 rings (SSSR count). The van der Waals surface area contributed by atoms with E-state index in [4.69, 9.17) is 0 Å². The number of carboxylic acid groups (broad SMARTS) is 1. The topological polar surface area (TPSA) is 129 Å². The van der Waals surface area contributed by atoms with E-state index in [0.717, 1.165) is 16.7 Å². The molecule has 3 amide bonds. The number of aryl methyl sites for hydroxylation is 1. The number of pyridine rings is 1. The number of nitrogens with one attached hydrogen (secondary N) is 1. The summed E-state index contributed by atoms with van der Waals surface area (Å²) in [6, 6.07) is 19.3. The highest BCUT2D eigenvalue weighted by Crippen LogP contribution is 2.49. The van der Waals surface area contributed by atoms with Gasteiger partial charge in [0, 0.05) is 38.9 Å². The summed E-state index contributed by atoms with van der Waals surface area (Å²) in [7, 11) is 1.60. The maximum absolute atomic E-state index is 14.6. The van der Waals surface area contributed by atoms with Crippen LogP contribution in [0.15, 0.2) is 77.7 Å². The number of benzene rings is 2. The van der Waals surface area contributed by atoms with Crippen molar-refractivity contribution in [3.05, 3.63) is 106 Å². The second-order valence-corrected chi connectivity index (χ2v) is 12.4. The zero-order valence-corrected chi connectivity index (χ0v) is 25.4. The molecule has 3 atom stereocenters. The summed E-state index contributed by atoms with van der Waals surface area (Å²) < 4.78 is 1.37. The van der Waals surface area contributed by atoms with Gasteiger partial charge in [0.25, 0.3) is 11.5 Å². The summed E-state index contributed by atoms with van der Waals surface area (Å²) in [5.74, 6) is -2.08. The summed E-state index contributed by atoms with van der Waals surface area (Å²) in [6.07, 6.45) is 4.61. The molecular formula is C35H38N4O6. The number of amides is 3. The second kappa shape index (κ2) is 12.3. The van der Waals surface area contributed by atoms with Crippen molar-refractivity contribution < 1.29 is 24.3 Å². The average Bonchev–Trinajstić information content (AvgIpc) is 3.56. The maximum Gasteiger partial charge on any atom is 0.326 e. The molecule has 0 saturated carbocycles. The smallest absolute Gasteiger partial charge is 0.326 e. The quantitative estimate of drug-likeness (QED) is 0.442. The summed E-state index contributed by atoms with van der Waals surface area (Å²) >= 11 is 0. The molecule has 2 saturated heterocycles. The number of likely N-dealkylation sites (tertiary alicyclic amines) is 2. The van der Waals surface area contributed by atoms with Crippen molar-refractivity contribution in [2.24, 2.45) is 7.05 Å². The highest BCUT2D eigenvalue weighted by molar-refractivity contribution is 5.97. The first-order valence-electron chi connectivity index (χ1n) is 15.7. The van der Waals surface area contributed by atoms with Crippen LogP contribution in [0.2, 0.25) is 0 Å². The molecule has 10 nitrogen and oxygen atoms in total. The van der Waals surface area contributed by atoms with Crippen LogP contribution in [-0.4, -0.2) is 74.9 Å². The third-order valence-electron chi connectivity index (χ3n) is 9.84.